The highest BCUT2D eigenvalue weighted by atomic mass is 35.5. The van der Waals surface area contributed by atoms with Gasteiger partial charge < -0.3 is 20.1 Å². The number of nitrogens with one attached hydrogen (secondary N) is 1. The van der Waals surface area contributed by atoms with Crippen molar-refractivity contribution in [1.29, 1.82) is 0 Å². The lowest BCUT2D eigenvalue weighted by Crippen LogP contribution is -2.51. The second kappa shape index (κ2) is 13.5. The fourth-order valence-electron chi connectivity index (χ4n) is 3.77. The lowest BCUT2D eigenvalue weighted by Gasteiger charge is -2.31. The molecule has 0 aliphatic heterocycles. The average Bonchev–Trinajstić information content (AvgIpc) is 2.88. The van der Waals surface area contributed by atoms with Gasteiger partial charge in [-0.2, -0.15) is 0 Å². The zero-order valence-electron chi connectivity index (χ0n) is 19.8. The van der Waals surface area contributed by atoms with Crippen LogP contribution in [0.4, 0.5) is 0 Å². The summed E-state index contributed by atoms with van der Waals surface area (Å²) in [5.74, 6) is 0.303. The van der Waals surface area contributed by atoms with E-state index in [2.05, 4.69) is 5.32 Å². The Bertz CT molecular complexity index is 1070. The number of hydrogen-bond donors (Lipinski definition) is 2. The number of halogens is 1. The summed E-state index contributed by atoms with van der Waals surface area (Å²) in [7, 11) is 1.60. The summed E-state index contributed by atoms with van der Waals surface area (Å²) in [5.41, 5.74) is 2.66. The molecule has 0 aromatic heterocycles. The third-order valence-electron chi connectivity index (χ3n) is 5.69. The van der Waals surface area contributed by atoms with E-state index in [0.29, 0.717) is 24.4 Å². The van der Waals surface area contributed by atoms with Crippen LogP contribution >= 0.6 is 11.6 Å². The molecule has 184 valence electrons. The van der Waals surface area contributed by atoms with Crippen LogP contribution in [0.3, 0.4) is 0 Å². The molecule has 7 heteroatoms. The number of carbonyl (C=O) groups excluding carboxylic acids is 2. The first-order valence-corrected chi connectivity index (χ1v) is 12.0. The van der Waals surface area contributed by atoms with E-state index in [-0.39, 0.29) is 31.4 Å². The van der Waals surface area contributed by atoms with E-state index < -0.39 is 6.04 Å². The molecule has 0 heterocycles. The molecule has 2 N–H and O–H groups in total. The summed E-state index contributed by atoms with van der Waals surface area (Å²) in [6.45, 7) is 0.582. The van der Waals surface area contributed by atoms with Crippen LogP contribution in [0.15, 0.2) is 78.9 Å². The van der Waals surface area contributed by atoms with Crippen LogP contribution in [0.1, 0.15) is 23.1 Å². The average molecular weight is 495 g/mol. The maximum atomic E-state index is 13.6. The topological polar surface area (TPSA) is 78.9 Å². The number of nitrogens with zero attached hydrogens (tertiary/aromatic N) is 1. The molecule has 1 atom stereocenters. The molecule has 3 rings (SSSR count). The van der Waals surface area contributed by atoms with E-state index in [0.717, 1.165) is 22.4 Å². The van der Waals surface area contributed by atoms with Crippen LogP contribution in [-0.2, 0) is 29.0 Å². The van der Waals surface area contributed by atoms with Gasteiger partial charge in [0.2, 0.25) is 11.8 Å². The molecular weight excluding hydrogens is 464 g/mol. The highest BCUT2D eigenvalue weighted by Gasteiger charge is 2.30. The molecule has 35 heavy (non-hydrogen) atoms. The van der Waals surface area contributed by atoms with Gasteiger partial charge in [0.15, 0.2) is 0 Å². The lowest BCUT2D eigenvalue weighted by atomic mass is 10.0. The first-order chi connectivity index (χ1) is 17.0. The summed E-state index contributed by atoms with van der Waals surface area (Å²) < 4.78 is 5.25. The molecule has 0 saturated heterocycles. The molecule has 0 bridgehead atoms. The zero-order valence-corrected chi connectivity index (χ0v) is 20.6. The Morgan fingerprint density at radius 1 is 0.943 bits per heavy atom. The van der Waals surface area contributed by atoms with Gasteiger partial charge in [-0.05, 0) is 47.4 Å². The highest BCUT2D eigenvalue weighted by Crippen LogP contribution is 2.19. The van der Waals surface area contributed by atoms with E-state index >= 15 is 0 Å². The maximum Gasteiger partial charge on any atom is 0.243 e. The van der Waals surface area contributed by atoms with Gasteiger partial charge in [-0.1, -0.05) is 66.2 Å². The number of amides is 2. The SMILES string of the molecule is COc1ccc(CN(C(=O)Cc2ccc(Cl)cc2)[C@@H](Cc2ccccc2)C(=O)NCCCO)cc1. The van der Waals surface area contributed by atoms with Crippen molar-refractivity contribution >= 4 is 23.4 Å². The minimum absolute atomic E-state index is 0.0192. The minimum atomic E-state index is -0.724. The van der Waals surface area contributed by atoms with Crippen LogP contribution in [-0.4, -0.2) is 48.1 Å². The van der Waals surface area contributed by atoms with Crippen molar-refractivity contribution in [1.82, 2.24) is 10.2 Å². The Labute approximate surface area is 211 Å². The van der Waals surface area contributed by atoms with Gasteiger partial charge in [0.25, 0.3) is 0 Å². The van der Waals surface area contributed by atoms with Crippen LogP contribution in [0, 0.1) is 0 Å². The van der Waals surface area contributed by atoms with Crippen molar-refractivity contribution in [3.05, 3.63) is 101 Å². The molecule has 2 amide bonds. The molecule has 3 aromatic rings. The third-order valence-corrected chi connectivity index (χ3v) is 5.94. The van der Waals surface area contributed by atoms with Gasteiger partial charge >= 0.3 is 0 Å². The Morgan fingerprint density at radius 2 is 1.60 bits per heavy atom. The van der Waals surface area contributed by atoms with Gasteiger partial charge in [-0.15, -0.1) is 0 Å². The number of carbonyl (C=O) groups is 2. The van der Waals surface area contributed by atoms with Crippen LogP contribution in [0.25, 0.3) is 0 Å². The van der Waals surface area contributed by atoms with E-state index in [1.165, 1.54) is 0 Å². The van der Waals surface area contributed by atoms with Crippen molar-refractivity contribution < 1.29 is 19.4 Å². The Morgan fingerprint density at radius 3 is 2.23 bits per heavy atom. The number of hydrogen-bond acceptors (Lipinski definition) is 4. The summed E-state index contributed by atoms with van der Waals surface area (Å²) in [5, 5.41) is 12.6. The summed E-state index contributed by atoms with van der Waals surface area (Å²) in [6, 6.07) is 23.5. The lowest BCUT2D eigenvalue weighted by molar-refractivity contribution is -0.140. The minimum Gasteiger partial charge on any atom is -0.497 e. The second-order valence-electron chi connectivity index (χ2n) is 8.25. The Balaban J connectivity index is 1.92. The Hall–Kier alpha value is -3.35. The molecule has 3 aromatic carbocycles. The largest absolute Gasteiger partial charge is 0.497 e. The normalized spacial score (nSPS) is 11.5. The van der Waals surface area contributed by atoms with E-state index in [1.807, 2.05) is 66.7 Å². The molecular formula is C28H31ClN2O4. The Kier molecular flexibility index (Phi) is 10.1. The molecule has 0 fully saturated rings. The molecule has 0 aliphatic carbocycles. The molecule has 0 saturated carbocycles. The number of benzene rings is 3. The van der Waals surface area contributed by atoms with Gasteiger partial charge in [0.05, 0.1) is 13.5 Å². The monoisotopic (exact) mass is 494 g/mol. The summed E-state index contributed by atoms with van der Waals surface area (Å²) >= 11 is 6.01. The first-order valence-electron chi connectivity index (χ1n) is 11.6. The molecule has 0 unspecified atom stereocenters. The third kappa shape index (κ3) is 8.12. The van der Waals surface area contributed by atoms with E-state index in [9.17, 15) is 9.59 Å². The summed E-state index contributed by atoms with van der Waals surface area (Å²) in [6.07, 6.45) is 0.956. The zero-order chi connectivity index (χ0) is 25.0. The van der Waals surface area contributed by atoms with Crippen molar-refractivity contribution in [3.8, 4) is 5.75 Å². The van der Waals surface area contributed by atoms with Gasteiger partial charge in [-0.3, -0.25) is 9.59 Å². The van der Waals surface area contributed by atoms with Crippen LogP contribution in [0.2, 0.25) is 5.02 Å². The van der Waals surface area contributed by atoms with Gasteiger partial charge in [0, 0.05) is 31.1 Å². The van der Waals surface area contributed by atoms with E-state index in [1.54, 1.807) is 24.1 Å². The van der Waals surface area contributed by atoms with E-state index in [4.69, 9.17) is 21.4 Å². The first kappa shape index (κ1) is 26.3. The number of ether oxygens (including phenoxy) is 1. The predicted octanol–water partition coefficient (Wildman–Crippen LogP) is 4.03. The molecule has 0 aliphatic rings. The fourth-order valence-corrected chi connectivity index (χ4v) is 3.89. The van der Waals surface area contributed by atoms with Crippen molar-refractivity contribution in [2.24, 2.45) is 0 Å². The fraction of sp³-hybridized carbons (Fsp3) is 0.286. The standard InChI is InChI=1S/C28H31ClN2O4/c1-35-25-14-10-23(11-15-25)20-31(27(33)19-22-8-12-24(29)13-9-22)26(28(34)30-16-5-17-32)18-21-6-3-2-4-7-21/h2-4,6-15,26,32H,5,16-20H2,1H3,(H,30,34)/t26-/m0/s1. The molecule has 0 spiro atoms. The second-order valence-corrected chi connectivity index (χ2v) is 8.68. The number of rotatable bonds is 12. The van der Waals surface area contributed by atoms with Crippen LogP contribution in [0.5, 0.6) is 5.75 Å². The smallest absolute Gasteiger partial charge is 0.243 e. The number of aliphatic hydroxyl groups excluding tert-OH is 1. The maximum absolute atomic E-state index is 13.6. The van der Waals surface area contributed by atoms with Crippen molar-refractivity contribution in [3.63, 3.8) is 0 Å². The molecule has 6 nitrogen and oxygen atoms in total. The van der Waals surface area contributed by atoms with Crippen molar-refractivity contribution in [2.45, 2.75) is 31.8 Å². The number of aliphatic hydroxyl groups is 1. The highest BCUT2D eigenvalue weighted by molar-refractivity contribution is 6.30. The van der Waals surface area contributed by atoms with Gasteiger partial charge in [-0.25, -0.2) is 0 Å². The quantitative estimate of drug-likeness (QED) is 0.373. The predicted molar refractivity (Wildman–Crippen MR) is 137 cm³/mol. The molecule has 0 radical (unpaired) electrons. The van der Waals surface area contributed by atoms with Crippen LogP contribution < -0.4 is 10.1 Å². The number of methoxy groups -OCH3 is 1. The van der Waals surface area contributed by atoms with Crippen molar-refractivity contribution in [2.75, 3.05) is 20.3 Å². The van der Waals surface area contributed by atoms with Gasteiger partial charge in [0.1, 0.15) is 11.8 Å². The summed E-state index contributed by atoms with van der Waals surface area (Å²) in [4.78, 5) is 28.6.